The fraction of sp³-hybridized carbons (Fsp3) is 0.400. The Balaban J connectivity index is 2.45. The number of rotatable bonds is 0. The van der Waals surface area contributed by atoms with Gasteiger partial charge in [-0.2, -0.15) is 22.0 Å². The Kier molecular flexibility index (Phi) is 1.35. The van der Waals surface area contributed by atoms with Crippen LogP contribution in [0.2, 0.25) is 0 Å². The van der Waals surface area contributed by atoms with Crippen molar-refractivity contribution in [3.8, 4) is 0 Å². The van der Waals surface area contributed by atoms with Crippen LogP contribution in [0.1, 0.15) is 0 Å². The van der Waals surface area contributed by atoms with Crippen LogP contribution in [-0.2, 0) is 4.79 Å². The van der Waals surface area contributed by atoms with E-state index in [1.165, 1.54) is 0 Å². The van der Waals surface area contributed by atoms with Crippen LogP contribution in [0, 0.1) is 0 Å². The fourth-order valence-electron chi connectivity index (χ4n) is 1.06. The van der Waals surface area contributed by atoms with Crippen molar-refractivity contribution in [1.29, 1.82) is 0 Å². The maximum absolute atomic E-state index is 13.0. The molecule has 2 aliphatic rings. The molecule has 0 radical (unpaired) electrons. The van der Waals surface area contributed by atoms with Crippen molar-refractivity contribution in [2.24, 2.45) is 0 Å². The molecule has 0 aliphatic carbocycles. The number of carbonyl (C=O) groups excluding carboxylic acids is 1. The fourth-order valence-corrected chi connectivity index (χ4v) is 1.95. The first-order valence-electron chi connectivity index (χ1n) is 2.98. The highest BCUT2D eigenvalue weighted by Crippen LogP contribution is 2.63. The number of fused-ring (bicyclic) bond motifs is 1. The number of carbonyl (C=O) groups is 1. The van der Waals surface area contributed by atoms with Gasteiger partial charge in [0, 0.05) is 0 Å². The molecule has 13 heavy (non-hydrogen) atoms. The number of alkyl halides is 3. The van der Waals surface area contributed by atoms with E-state index in [1.807, 2.05) is 0 Å². The van der Waals surface area contributed by atoms with E-state index in [0.717, 1.165) is 0 Å². The normalized spacial score (nSPS) is 36.4. The molecule has 1 amide bonds. The number of halogens is 5. The van der Waals surface area contributed by atoms with Gasteiger partial charge in [0.1, 0.15) is 0 Å². The van der Waals surface area contributed by atoms with Crippen molar-refractivity contribution in [1.82, 2.24) is 4.90 Å². The molecule has 0 aromatic carbocycles. The van der Waals surface area contributed by atoms with E-state index in [0.29, 0.717) is 0 Å². The molecule has 1 atom stereocenters. The van der Waals surface area contributed by atoms with Gasteiger partial charge in [-0.3, -0.25) is 4.79 Å². The zero-order chi connectivity index (χ0) is 10.0. The molecule has 0 aromatic heterocycles. The van der Waals surface area contributed by atoms with E-state index >= 15 is 0 Å². The monoisotopic (exact) mass is 217 g/mol. The third-order valence-electron chi connectivity index (χ3n) is 1.73. The average molecular weight is 217 g/mol. The molecule has 1 fully saturated rings. The Bertz CT molecular complexity index is 342. The summed E-state index contributed by atoms with van der Waals surface area (Å²) < 4.78 is 62.7. The standard InChI is InChI=1S/C5F5NOS/c6-1-2(7)13-5(10)4(8,9)3(12)11(1)5/t5-/m0/s1. The zero-order valence-corrected chi connectivity index (χ0v) is 6.47. The van der Waals surface area contributed by atoms with Crippen LogP contribution in [0.3, 0.4) is 0 Å². The Morgan fingerprint density at radius 1 is 1.23 bits per heavy atom. The second-order valence-electron chi connectivity index (χ2n) is 2.44. The summed E-state index contributed by atoms with van der Waals surface area (Å²) in [5.74, 6) is -8.31. The van der Waals surface area contributed by atoms with Crippen LogP contribution in [0.25, 0.3) is 0 Å². The lowest BCUT2D eigenvalue weighted by Gasteiger charge is -2.44. The van der Waals surface area contributed by atoms with Crippen molar-refractivity contribution in [3.63, 3.8) is 0 Å². The van der Waals surface area contributed by atoms with Crippen molar-refractivity contribution < 1.29 is 26.7 Å². The predicted molar refractivity (Wildman–Crippen MR) is 32.5 cm³/mol. The van der Waals surface area contributed by atoms with Crippen LogP contribution >= 0.6 is 11.8 Å². The minimum Gasteiger partial charge on any atom is -0.267 e. The van der Waals surface area contributed by atoms with Gasteiger partial charge in [0.05, 0.1) is 0 Å². The molecule has 8 heteroatoms. The minimum atomic E-state index is -4.36. The number of thioether (sulfide) groups is 1. The molecule has 0 spiro atoms. The largest absolute Gasteiger partial charge is 0.387 e. The smallest absolute Gasteiger partial charge is 0.267 e. The number of hydrogen-bond donors (Lipinski definition) is 0. The van der Waals surface area contributed by atoms with Gasteiger partial charge in [0.25, 0.3) is 0 Å². The maximum atomic E-state index is 13.0. The van der Waals surface area contributed by atoms with Crippen molar-refractivity contribution in [3.05, 3.63) is 11.1 Å². The molecule has 72 valence electrons. The van der Waals surface area contributed by atoms with Crippen molar-refractivity contribution in [2.45, 2.75) is 11.0 Å². The summed E-state index contributed by atoms with van der Waals surface area (Å²) in [4.78, 5) is 9.89. The summed E-state index contributed by atoms with van der Waals surface area (Å²) in [6, 6.07) is 0. The lowest BCUT2D eigenvalue weighted by atomic mass is 10.1. The first-order valence-corrected chi connectivity index (χ1v) is 3.79. The molecule has 0 saturated carbocycles. The summed E-state index contributed by atoms with van der Waals surface area (Å²) in [5.41, 5.74) is 0. The van der Waals surface area contributed by atoms with Crippen molar-refractivity contribution >= 4 is 17.7 Å². The van der Waals surface area contributed by atoms with E-state index in [1.54, 1.807) is 0 Å². The highest BCUT2D eigenvalue weighted by molar-refractivity contribution is 8.04. The molecule has 2 heterocycles. The second kappa shape index (κ2) is 1.99. The van der Waals surface area contributed by atoms with E-state index in [-0.39, 0.29) is 0 Å². The van der Waals surface area contributed by atoms with Gasteiger partial charge < -0.3 is 0 Å². The molecular weight excluding hydrogens is 217 g/mol. The molecular formula is C5F5NOS. The first-order chi connectivity index (χ1) is 5.82. The first kappa shape index (κ1) is 8.79. The molecule has 2 rings (SSSR count). The van der Waals surface area contributed by atoms with Crippen LogP contribution in [0.5, 0.6) is 0 Å². The Hall–Kier alpha value is -0.790. The van der Waals surface area contributed by atoms with Crippen LogP contribution in [0.4, 0.5) is 22.0 Å². The molecule has 2 nitrogen and oxygen atoms in total. The summed E-state index contributed by atoms with van der Waals surface area (Å²) in [6.45, 7) is 0. The summed E-state index contributed by atoms with van der Waals surface area (Å²) in [5, 5.41) is -5.36. The van der Waals surface area contributed by atoms with Crippen molar-refractivity contribution in [2.75, 3.05) is 0 Å². The van der Waals surface area contributed by atoms with Crippen LogP contribution < -0.4 is 0 Å². The number of nitrogens with zero attached hydrogens (tertiary/aromatic N) is 1. The SMILES string of the molecule is O=C1N2C(F)=C(F)S[C@]2(F)C1(F)F. The summed E-state index contributed by atoms with van der Waals surface area (Å²) >= 11 is -0.637. The molecule has 2 aliphatic heterocycles. The molecule has 0 bridgehead atoms. The Labute approximate surface area is 72.4 Å². The van der Waals surface area contributed by atoms with E-state index in [9.17, 15) is 26.7 Å². The highest BCUT2D eigenvalue weighted by atomic mass is 32.2. The zero-order valence-electron chi connectivity index (χ0n) is 5.65. The van der Waals surface area contributed by atoms with E-state index in [2.05, 4.69) is 0 Å². The predicted octanol–water partition coefficient (Wildman–Crippen LogP) is 1.90. The lowest BCUT2D eigenvalue weighted by Crippen LogP contribution is -2.72. The van der Waals surface area contributed by atoms with Gasteiger partial charge in [0.15, 0.2) is 0 Å². The number of β-lactam (4-membered cyclic amide) rings is 1. The topological polar surface area (TPSA) is 20.3 Å². The van der Waals surface area contributed by atoms with Gasteiger partial charge >= 0.3 is 17.0 Å². The second-order valence-corrected chi connectivity index (χ2v) is 3.55. The highest BCUT2D eigenvalue weighted by Gasteiger charge is 2.82. The van der Waals surface area contributed by atoms with Gasteiger partial charge in [-0.1, -0.05) is 0 Å². The maximum Gasteiger partial charge on any atom is 0.387 e. The number of hydrogen-bond acceptors (Lipinski definition) is 2. The van der Waals surface area contributed by atoms with Crippen LogP contribution in [0.15, 0.2) is 11.1 Å². The third-order valence-corrected chi connectivity index (χ3v) is 2.79. The molecule has 0 unspecified atom stereocenters. The molecule has 0 aromatic rings. The average Bonchev–Trinajstić information content (AvgIpc) is 2.23. The third kappa shape index (κ3) is 0.687. The Morgan fingerprint density at radius 2 is 1.77 bits per heavy atom. The quantitative estimate of drug-likeness (QED) is 0.351. The van der Waals surface area contributed by atoms with Gasteiger partial charge in [-0.15, -0.1) is 0 Å². The lowest BCUT2D eigenvalue weighted by molar-refractivity contribution is -0.234. The summed E-state index contributed by atoms with van der Waals surface area (Å²) in [6.07, 6.45) is 0. The van der Waals surface area contributed by atoms with Gasteiger partial charge in [0.2, 0.25) is 11.1 Å². The summed E-state index contributed by atoms with van der Waals surface area (Å²) in [7, 11) is 0. The molecule has 0 N–H and O–H groups in total. The van der Waals surface area contributed by atoms with Gasteiger partial charge in [-0.05, 0) is 11.8 Å². The van der Waals surface area contributed by atoms with E-state index in [4.69, 9.17) is 0 Å². The Morgan fingerprint density at radius 3 is 2.23 bits per heavy atom. The van der Waals surface area contributed by atoms with Gasteiger partial charge in [-0.25, -0.2) is 4.90 Å². The molecule has 1 saturated heterocycles. The van der Waals surface area contributed by atoms with E-state index < -0.39 is 44.7 Å². The number of amides is 1. The minimum absolute atomic E-state index is 0.521. The van der Waals surface area contributed by atoms with Crippen LogP contribution in [-0.4, -0.2) is 21.9 Å².